The molecule has 0 aliphatic carbocycles. The van der Waals surface area contributed by atoms with Gasteiger partial charge in [0, 0.05) is 57.7 Å². The first-order valence-electron chi connectivity index (χ1n) is 45.9. The maximum absolute atomic E-state index is 6.73. The molecule has 0 amide bonds. The molecule has 0 atom stereocenters. The fraction of sp³-hybridized carbons (Fsp3) is 0.257. The molecule has 21 rings (SSSR count). The average molecular weight is 1860 g/mol. The first-order valence-corrected chi connectivity index (χ1v) is 47.5. The van der Waals surface area contributed by atoms with Gasteiger partial charge in [-0.05, 0) is 350 Å². The maximum atomic E-state index is 6.73. The Kier molecular flexibility index (Phi) is 27.0. The van der Waals surface area contributed by atoms with E-state index in [1.807, 2.05) is 12.1 Å². The lowest BCUT2D eigenvalue weighted by Crippen LogP contribution is -2.41. The zero-order valence-corrected chi connectivity index (χ0v) is 83.2. The number of ether oxygens (including phenoxy) is 1. The van der Waals surface area contributed by atoms with Crippen LogP contribution in [0.2, 0.25) is 27.5 Å². The highest BCUT2D eigenvalue weighted by molar-refractivity contribution is 6.72. The minimum Gasteiger partial charge on any atom is -0.426 e. The Morgan fingerprint density at radius 1 is 0.237 bits per heavy atom. The van der Waals surface area contributed by atoms with Crippen molar-refractivity contribution in [3.63, 3.8) is 0 Å². The lowest BCUT2D eigenvalue weighted by Gasteiger charge is -2.34. The van der Waals surface area contributed by atoms with Crippen molar-refractivity contribution in [2.45, 2.75) is 174 Å². The van der Waals surface area contributed by atoms with E-state index in [1.165, 1.54) is 50.6 Å². The zero-order chi connectivity index (χ0) is 95.4. The molecule has 0 radical (unpaired) electrons. The largest absolute Gasteiger partial charge is 0.495 e. The van der Waals surface area contributed by atoms with Gasteiger partial charge in [-0.1, -0.05) is 232 Å². The van der Waals surface area contributed by atoms with E-state index >= 15 is 0 Å². The van der Waals surface area contributed by atoms with Gasteiger partial charge in [0.05, 0.1) is 16.8 Å². The van der Waals surface area contributed by atoms with Crippen LogP contribution in [0.5, 0.6) is 0 Å². The highest BCUT2D eigenvalue weighted by atomic mass is 35.5. The number of rotatable bonds is 10. The summed E-state index contributed by atoms with van der Waals surface area (Å²) in [6.45, 7) is 44.8. The van der Waals surface area contributed by atoms with Gasteiger partial charge < -0.3 is 18.7 Å². The van der Waals surface area contributed by atoms with Crippen molar-refractivity contribution in [3.05, 3.63) is 318 Å². The van der Waals surface area contributed by atoms with Crippen LogP contribution in [0.4, 0.5) is 0 Å². The van der Waals surface area contributed by atoms with Crippen LogP contribution in [0.15, 0.2) is 231 Å². The van der Waals surface area contributed by atoms with E-state index < -0.39 is 7.12 Å². The second kappa shape index (κ2) is 38.5. The molecule has 3 aliphatic heterocycles. The van der Waals surface area contributed by atoms with E-state index in [4.69, 9.17) is 100.0 Å². The third kappa shape index (κ3) is 19.1. The van der Waals surface area contributed by atoms with E-state index in [9.17, 15) is 0 Å². The SMILES string of the molecule is C1CCOC1.CC1(C)CB(c2cc3c4ccccc4c(B4OC(C)(C)C(C)(C)O4)cc3c3ccccc23)OC1(C)C.Cc1cccc(C)c1-c1nc(-c2c(C)cccc2C)nc(-c2cc3c4ccccc4c(-c4nc(-c5c(C)cccc5C)nc(-c5c(C)cccc5C)n4)cc3c3ccccc23)n1.Cc1cccc(C)c1-c1nc(Cl)nc(-c2c(C)cccc2C)n1.Clc1nc(Cl)nc(Cl)n1. The Bertz CT molecular complexity index is 6930. The third-order valence-corrected chi connectivity index (χ3v) is 28.1. The Morgan fingerprint density at radius 2 is 0.474 bits per heavy atom. The zero-order valence-electron chi connectivity index (χ0n) is 80.1. The van der Waals surface area contributed by atoms with Crippen molar-refractivity contribution >= 4 is 136 Å². The monoisotopic (exact) mass is 1860 g/mol. The molecule has 16 nitrogen and oxygen atoms in total. The van der Waals surface area contributed by atoms with E-state index in [2.05, 4.69) is 382 Å². The van der Waals surface area contributed by atoms with Crippen LogP contribution in [0.3, 0.4) is 0 Å². The summed E-state index contributed by atoms with van der Waals surface area (Å²) in [6.07, 6.45) is 3.55. The van der Waals surface area contributed by atoms with Crippen LogP contribution in [0.1, 0.15) is 135 Å². The van der Waals surface area contributed by atoms with Crippen LogP contribution in [0.25, 0.3) is 156 Å². The van der Waals surface area contributed by atoms with E-state index in [0.29, 0.717) is 46.6 Å². The van der Waals surface area contributed by atoms with Gasteiger partial charge in [0.1, 0.15) is 0 Å². The van der Waals surface area contributed by atoms with Gasteiger partial charge in [-0.25, -0.2) is 34.9 Å². The summed E-state index contributed by atoms with van der Waals surface area (Å²) >= 11 is 22.2. The van der Waals surface area contributed by atoms with Gasteiger partial charge in [0.15, 0.2) is 46.6 Å². The number of aromatic nitrogens is 12. The topological polar surface area (TPSA) is 192 Å². The summed E-state index contributed by atoms with van der Waals surface area (Å²) in [5.41, 5.74) is 23.0. The van der Waals surface area contributed by atoms with Gasteiger partial charge in [-0.3, -0.25) is 0 Å². The fourth-order valence-corrected chi connectivity index (χ4v) is 19.8. The minimum atomic E-state index is -0.414. The predicted octanol–water partition coefficient (Wildman–Crippen LogP) is 28.2. The Hall–Kier alpha value is -12.2. The summed E-state index contributed by atoms with van der Waals surface area (Å²) in [5, 5.41) is 14.1. The van der Waals surface area contributed by atoms with Gasteiger partial charge in [-0.15, -0.1) is 0 Å². The summed E-state index contributed by atoms with van der Waals surface area (Å²) in [4.78, 5) is 55.6. The number of nitrogens with zero attached hydrogens (tertiary/aromatic N) is 12. The molecule has 0 bridgehead atoms. The van der Waals surface area contributed by atoms with E-state index in [-0.39, 0.29) is 50.3 Å². The molecule has 135 heavy (non-hydrogen) atoms. The maximum Gasteiger partial charge on any atom is 0.495 e. The van der Waals surface area contributed by atoms with Crippen molar-refractivity contribution in [2.24, 2.45) is 5.41 Å². The molecule has 4 aromatic heterocycles. The predicted molar refractivity (Wildman–Crippen MR) is 560 cm³/mol. The van der Waals surface area contributed by atoms with Crippen molar-refractivity contribution in [2.75, 3.05) is 13.2 Å². The first-order chi connectivity index (χ1) is 64.5. The minimum absolute atomic E-state index is 0.000000000000000444. The van der Waals surface area contributed by atoms with Crippen LogP contribution < -0.4 is 10.9 Å². The van der Waals surface area contributed by atoms with Crippen molar-refractivity contribution in [1.82, 2.24) is 59.8 Å². The van der Waals surface area contributed by atoms with Crippen molar-refractivity contribution in [1.29, 1.82) is 0 Å². The number of hydrogen-bond donors (Lipinski definition) is 0. The van der Waals surface area contributed by atoms with Crippen LogP contribution >= 0.6 is 46.4 Å². The second-order valence-corrected chi connectivity index (χ2v) is 39.2. The molecule has 22 heteroatoms. The smallest absolute Gasteiger partial charge is 0.426 e. The highest BCUT2D eigenvalue weighted by Gasteiger charge is 2.53. The molecular weight excluding hydrogens is 1750 g/mol. The van der Waals surface area contributed by atoms with Crippen LogP contribution in [-0.2, 0) is 18.7 Å². The Morgan fingerprint density at radius 3 is 0.748 bits per heavy atom. The molecule has 3 fully saturated rings. The molecule has 14 aromatic carbocycles. The van der Waals surface area contributed by atoms with Gasteiger partial charge in [-0.2, -0.15) is 24.9 Å². The van der Waals surface area contributed by atoms with Gasteiger partial charge >= 0.3 is 14.0 Å². The number of fused-ring (bicyclic) bond motifs is 10. The normalized spacial score (nSPS) is 14.6. The lowest BCUT2D eigenvalue weighted by molar-refractivity contribution is 0.00578. The summed E-state index contributed by atoms with van der Waals surface area (Å²) in [6, 6.07) is 81.5. The van der Waals surface area contributed by atoms with E-state index in [1.54, 1.807) is 0 Å². The van der Waals surface area contributed by atoms with Crippen molar-refractivity contribution in [3.8, 4) is 91.1 Å². The molecule has 0 saturated carbocycles. The summed E-state index contributed by atoms with van der Waals surface area (Å²) < 4.78 is 24.7. The van der Waals surface area contributed by atoms with E-state index in [0.717, 1.165) is 169 Å². The molecule has 678 valence electrons. The Labute approximate surface area is 811 Å². The van der Waals surface area contributed by atoms with Crippen molar-refractivity contribution < 1.29 is 18.7 Å². The van der Waals surface area contributed by atoms with Crippen LogP contribution in [-0.4, -0.2) is 104 Å². The average Bonchev–Trinajstić information content (AvgIpc) is 1.72. The quantitative estimate of drug-likeness (QED) is 0.0927. The molecule has 3 saturated heterocycles. The molecule has 0 spiro atoms. The molecule has 3 aliphatic rings. The lowest BCUT2D eigenvalue weighted by atomic mass is 9.53. The van der Waals surface area contributed by atoms with Gasteiger partial charge in [0.2, 0.25) is 21.1 Å². The standard InChI is InChI=1S/C56H46N6.C31H36B2O3.C19H18ClN3.C4H8O.C3Cl3N3/c1-31-17-13-18-32(2)47(31)53-57-51(58-54(61-53)48-33(3)19-14-20-34(48)4)45-29-43-40-26-10-12-28-42(40)46(30-44(43)39-25-9-11-27-41(39)45)52-59-55(49-35(5)21-15-22-36(49)6)62-56(60-52)50-37(7)23-16-24-38(50)8;1-28(2)19-32(34-29(28,3)4)26-17-24-21-14-10-12-16-23(21)27(33-35-30(5,6)31(7,8)36-33)18-25(24)20-13-9-11-15-22(20)26;1-11-7-5-8-12(2)15(11)17-21-18(23-19(20)22-17)16-13(3)9-6-10-14(16)4;1-2-4-5-3-1;4-1-7-2(5)9-3(6)8-1/h9-30H,1-8H3;9-18H,19H2,1-8H3;5-10H,1-4H3;1-4H2;. The fourth-order valence-electron chi connectivity index (χ4n) is 19.0. The summed E-state index contributed by atoms with van der Waals surface area (Å²) in [7, 11) is -0.414. The van der Waals surface area contributed by atoms with Crippen LogP contribution in [0, 0.1) is 88.5 Å². The second-order valence-electron chi connectivity index (χ2n) is 37.9. The molecule has 18 aromatic rings. The molecule has 0 N–H and O–H groups in total. The number of halogens is 4. The number of benzene rings is 14. The molecular formula is C113H108B2Cl4N12O4. The molecule has 7 heterocycles. The number of hydrogen-bond acceptors (Lipinski definition) is 16. The number of aryl methyl sites for hydroxylation is 12. The van der Waals surface area contributed by atoms with Gasteiger partial charge in [0.25, 0.3) is 0 Å². The highest BCUT2D eigenvalue weighted by Crippen LogP contribution is 2.48. The Balaban J connectivity index is 0.000000144. The summed E-state index contributed by atoms with van der Waals surface area (Å²) in [5.74, 6) is 5.19. The first kappa shape index (κ1) is 94.6. The molecule has 0 unspecified atom stereocenters. The third-order valence-electron chi connectivity index (χ3n) is 27.4.